The zero-order valence-electron chi connectivity index (χ0n) is 11.0. The number of hydrogen-bond donors (Lipinski definition) is 1. The first kappa shape index (κ1) is 13.0. The minimum Gasteiger partial charge on any atom is -0.481 e. The third kappa shape index (κ3) is 3.53. The third-order valence-electron chi connectivity index (χ3n) is 3.47. The number of pyridine rings is 1. The predicted octanol–water partition coefficient (Wildman–Crippen LogP) is 2.08. The summed E-state index contributed by atoms with van der Waals surface area (Å²) in [6, 6.07) is 6.01. The molecule has 1 aromatic rings. The van der Waals surface area contributed by atoms with Gasteiger partial charge in [0.15, 0.2) is 0 Å². The summed E-state index contributed by atoms with van der Waals surface area (Å²) < 4.78 is 0. The Balaban J connectivity index is 1.89. The second-order valence-corrected chi connectivity index (χ2v) is 5.51. The van der Waals surface area contributed by atoms with Gasteiger partial charge >= 0.3 is 5.97 Å². The topological polar surface area (TPSA) is 53.4 Å². The smallest absolute Gasteiger partial charge is 0.303 e. The average molecular weight is 248 g/mol. The van der Waals surface area contributed by atoms with Gasteiger partial charge in [-0.3, -0.25) is 14.7 Å². The number of nitrogens with zero attached hydrogens (tertiary/aromatic N) is 2. The van der Waals surface area contributed by atoms with Gasteiger partial charge in [0.1, 0.15) is 0 Å². The quantitative estimate of drug-likeness (QED) is 0.837. The number of aryl methyl sites for hydroxylation is 1. The molecule has 18 heavy (non-hydrogen) atoms. The first-order valence-corrected chi connectivity index (χ1v) is 6.32. The van der Waals surface area contributed by atoms with Gasteiger partial charge in [-0.1, -0.05) is 6.07 Å². The molecule has 1 N–H and O–H groups in total. The molecular formula is C14H20N2O2. The summed E-state index contributed by atoms with van der Waals surface area (Å²) in [5, 5.41) is 8.90. The van der Waals surface area contributed by atoms with Crippen molar-refractivity contribution in [3.05, 3.63) is 29.6 Å². The van der Waals surface area contributed by atoms with Gasteiger partial charge in [0.25, 0.3) is 0 Å². The predicted molar refractivity (Wildman–Crippen MR) is 69.2 cm³/mol. The van der Waals surface area contributed by atoms with Crippen LogP contribution in [-0.4, -0.2) is 34.6 Å². The van der Waals surface area contributed by atoms with Crippen LogP contribution in [0.25, 0.3) is 0 Å². The first-order chi connectivity index (χ1) is 8.49. The Bertz CT molecular complexity index is 441. The lowest BCUT2D eigenvalue weighted by Gasteiger charge is -2.22. The van der Waals surface area contributed by atoms with Crippen molar-refractivity contribution in [3.8, 4) is 0 Å². The first-order valence-electron chi connectivity index (χ1n) is 6.32. The van der Waals surface area contributed by atoms with E-state index in [4.69, 9.17) is 5.11 Å². The third-order valence-corrected chi connectivity index (χ3v) is 3.47. The molecule has 1 aliphatic carbocycles. The van der Waals surface area contributed by atoms with Gasteiger partial charge in [-0.25, -0.2) is 0 Å². The maximum atomic E-state index is 10.8. The molecule has 1 aromatic heterocycles. The number of carboxylic acids is 1. The van der Waals surface area contributed by atoms with E-state index in [1.165, 1.54) is 0 Å². The Kier molecular flexibility index (Phi) is 3.66. The molecule has 0 spiro atoms. The van der Waals surface area contributed by atoms with Gasteiger partial charge in [0, 0.05) is 18.8 Å². The highest BCUT2D eigenvalue weighted by Gasteiger charge is 2.44. The van der Waals surface area contributed by atoms with Gasteiger partial charge in [-0.15, -0.1) is 0 Å². The summed E-state index contributed by atoms with van der Waals surface area (Å²) >= 11 is 0. The van der Waals surface area contributed by atoms with Crippen molar-refractivity contribution in [1.82, 2.24) is 9.88 Å². The largest absolute Gasteiger partial charge is 0.481 e. The number of rotatable bonds is 6. The summed E-state index contributed by atoms with van der Waals surface area (Å²) in [6.07, 6.45) is 2.36. The molecule has 1 heterocycles. The lowest BCUT2D eigenvalue weighted by Crippen LogP contribution is -2.28. The number of carbonyl (C=O) groups is 1. The maximum absolute atomic E-state index is 10.8. The summed E-state index contributed by atoms with van der Waals surface area (Å²) in [7, 11) is 2.03. The van der Waals surface area contributed by atoms with Crippen LogP contribution >= 0.6 is 0 Å². The highest BCUT2D eigenvalue weighted by atomic mass is 16.4. The van der Waals surface area contributed by atoms with E-state index in [0.29, 0.717) is 6.42 Å². The van der Waals surface area contributed by atoms with Crippen LogP contribution in [0.3, 0.4) is 0 Å². The molecular weight excluding hydrogens is 228 g/mol. The van der Waals surface area contributed by atoms with E-state index >= 15 is 0 Å². The lowest BCUT2D eigenvalue weighted by molar-refractivity contribution is -0.138. The fourth-order valence-electron chi connectivity index (χ4n) is 2.48. The van der Waals surface area contributed by atoms with Gasteiger partial charge in [-0.05, 0) is 44.4 Å². The minimum atomic E-state index is -0.686. The van der Waals surface area contributed by atoms with Crippen molar-refractivity contribution in [3.63, 3.8) is 0 Å². The van der Waals surface area contributed by atoms with Crippen LogP contribution in [0.2, 0.25) is 0 Å². The Hall–Kier alpha value is -1.42. The number of aliphatic carboxylic acids is 1. The molecule has 1 saturated carbocycles. The van der Waals surface area contributed by atoms with Crippen molar-refractivity contribution in [1.29, 1.82) is 0 Å². The van der Waals surface area contributed by atoms with Gasteiger partial charge in [0.2, 0.25) is 0 Å². The van der Waals surface area contributed by atoms with Crippen LogP contribution in [0.4, 0.5) is 0 Å². The summed E-state index contributed by atoms with van der Waals surface area (Å²) in [4.78, 5) is 17.5. The van der Waals surface area contributed by atoms with Crippen LogP contribution in [-0.2, 0) is 11.3 Å². The van der Waals surface area contributed by atoms with Crippen molar-refractivity contribution in [2.75, 3.05) is 13.6 Å². The number of hydrogen-bond acceptors (Lipinski definition) is 3. The van der Waals surface area contributed by atoms with E-state index in [0.717, 1.165) is 37.3 Å². The van der Waals surface area contributed by atoms with Crippen molar-refractivity contribution in [2.24, 2.45) is 5.41 Å². The maximum Gasteiger partial charge on any atom is 0.303 e. The Morgan fingerprint density at radius 3 is 2.78 bits per heavy atom. The molecule has 0 aromatic carbocycles. The molecule has 0 bridgehead atoms. The highest BCUT2D eigenvalue weighted by molar-refractivity contribution is 5.68. The Morgan fingerprint density at radius 2 is 2.22 bits per heavy atom. The van der Waals surface area contributed by atoms with Crippen LogP contribution in [0.5, 0.6) is 0 Å². The van der Waals surface area contributed by atoms with E-state index in [9.17, 15) is 4.79 Å². The standard InChI is InChI=1S/C14H20N2O2/c1-11-4-3-5-12(15-11)9-16(2)10-14(6-7-14)8-13(17)18/h3-5H,6-10H2,1-2H3,(H,17,18). The Labute approximate surface area is 108 Å². The van der Waals surface area contributed by atoms with Crippen LogP contribution in [0.1, 0.15) is 30.7 Å². The molecule has 0 atom stereocenters. The number of carboxylic acid groups (broad SMARTS) is 1. The summed E-state index contributed by atoms with van der Waals surface area (Å²) in [5.41, 5.74) is 2.08. The zero-order chi connectivity index (χ0) is 13.2. The van der Waals surface area contributed by atoms with Crippen molar-refractivity contribution >= 4 is 5.97 Å². The van der Waals surface area contributed by atoms with E-state index in [1.807, 2.05) is 32.2 Å². The normalized spacial score (nSPS) is 16.8. The lowest BCUT2D eigenvalue weighted by atomic mass is 10.0. The fraction of sp³-hybridized carbons (Fsp3) is 0.571. The molecule has 0 aliphatic heterocycles. The van der Waals surface area contributed by atoms with Gasteiger partial charge in [-0.2, -0.15) is 0 Å². The number of aromatic nitrogens is 1. The Morgan fingerprint density at radius 1 is 1.50 bits per heavy atom. The monoisotopic (exact) mass is 248 g/mol. The summed E-state index contributed by atoms with van der Waals surface area (Å²) in [5.74, 6) is -0.686. The van der Waals surface area contributed by atoms with E-state index < -0.39 is 5.97 Å². The molecule has 4 nitrogen and oxygen atoms in total. The SMILES string of the molecule is Cc1cccc(CN(C)CC2(CC(=O)O)CC2)n1. The van der Waals surface area contributed by atoms with E-state index in [-0.39, 0.29) is 5.41 Å². The van der Waals surface area contributed by atoms with Crippen LogP contribution in [0.15, 0.2) is 18.2 Å². The second-order valence-electron chi connectivity index (χ2n) is 5.51. The van der Waals surface area contributed by atoms with Gasteiger partial charge in [0.05, 0.1) is 12.1 Å². The fourth-order valence-corrected chi connectivity index (χ4v) is 2.48. The van der Waals surface area contributed by atoms with Gasteiger partial charge < -0.3 is 5.11 Å². The molecule has 1 fully saturated rings. The molecule has 2 rings (SSSR count). The van der Waals surface area contributed by atoms with Crippen molar-refractivity contribution in [2.45, 2.75) is 32.7 Å². The summed E-state index contributed by atoms with van der Waals surface area (Å²) in [6.45, 7) is 3.61. The molecule has 98 valence electrons. The molecule has 0 unspecified atom stereocenters. The molecule has 4 heteroatoms. The second kappa shape index (κ2) is 5.06. The van der Waals surface area contributed by atoms with E-state index in [2.05, 4.69) is 9.88 Å². The molecule has 1 aliphatic rings. The van der Waals surface area contributed by atoms with Crippen molar-refractivity contribution < 1.29 is 9.90 Å². The average Bonchev–Trinajstić information content (AvgIpc) is 2.95. The molecule has 0 saturated heterocycles. The minimum absolute atomic E-state index is 0.0183. The zero-order valence-corrected chi connectivity index (χ0v) is 11.0. The molecule has 0 radical (unpaired) electrons. The van der Waals surface area contributed by atoms with Crippen LogP contribution < -0.4 is 0 Å². The highest BCUT2D eigenvalue weighted by Crippen LogP contribution is 2.49. The van der Waals surface area contributed by atoms with E-state index in [1.54, 1.807) is 0 Å². The van der Waals surface area contributed by atoms with Crippen LogP contribution in [0, 0.1) is 12.3 Å². The molecule has 0 amide bonds.